The van der Waals surface area contributed by atoms with Crippen LogP contribution in [0, 0.1) is 0 Å². The van der Waals surface area contributed by atoms with Gasteiger partial charge in [0.15, 0.2) is 11.5 Å². The minimum Gasteiger partial charge on any atom is -0.493 e. The van der Waals surface area contributed by atoms with Crippen molar-refractivity contribution in [2.24, 2.45) is 0 Å². The van der Waals surface area contributed by atoms with Gasteiger partial charge in [0.05, 0.1) is 30.1 Å². The monoisotopic (exact) mass is 377 g/mol. The number of nitrogens with zero attached hydrogens (tertiary/aromatic N) is 1. The number of sulfonamides is 1. The Labute approximate surface area is 150 Å². The largest absolute Gasteiger partial charge is 0.493 e. The molecule has 0 radical (unpaired) electrons. The van der Waals surface area contributed by atoms with Crippen LogP contribution in [0.4, 0.5) is 0 Å². The van der Waals surface area contributed by atoms with E-state index in [1.54, 1.807) is 24.3 Å². The number of nitrogens with one attached hydrogen (secondary N) is 2. The molecule has 8 nitrogen and oxygen atoms in total. The molecule has 0 bridgehead atoms. The molecule has 2 N–H and O–H groups in total. The van der Waals surface area contributed by atoms with Crippen LogP contribution in [0.15, 0.2) is 46.1 Å². The van der Waals surface area contributed by atoms with Gasteiger partial charge in [-0.1, -0.05) is 12.1 Å². The number of ether oxygens (including phenoxy) is 2. The summed E-state index contributed by atoms with van der Waals surface area (Å²) in [5, 5.41) is 0. The molecule has 0 aliphatic carbocycles. The van der Waals surface area contributed by atoms with Gasteiger partial charge in [0.25, 0.3) is 0 Å². The zero-order valence-electron chi connectivity index (χ0n) is 14.6. The van der Waals surface area contributed by atoms with E-state index in [0.29, 0.717) is 28.1 Å². The van der Waals surface area contributed by atoms with Crippen LogP contribution in [0.25, 0.3) is 11.0 Å². The first-order chi connectivity index (χ1) is 12.4. The molecule has 1 heterocycles. The number of rotatable bonds is 6. The summed E-state index contributed by atoms with van der Waals surface area (Å²) < 4.78 is 37.6. The van der Waals surface area contributed by atoms with Crippen LogP contribution in [0.5, 0.6) is 11.5 Å². The first kappa shape index (κ1) is 18.0. The maximum absolute atomic E-state index is 12.9. The van der Waals surface area contributed by atoms with E-state index in [2.05, 4.69) is 9.97 Å². The molecule has 0 unspecified atom stereocenters. The van der Waals surface area contributed by atoms with Gasteiger partial charge >= 0.3 is 5.69 Å². The minimum absolute atomic E-state index is 0.0876. The Kier molecular flexibility index (Phi) is 4.75. The number of aromatic amines is 2. The van der Waals surface area contributed by atoms with Crippen molar-refractivity contribution in [2.45, 2.75) is 11.4 Å². The van der Waals surface area contributed by atoms with E-state index in [9.17, 15) is 13.2 Å². The Morgan fingerprint density at radius 2 is 1.77 bits per heavy atom. The lowest BCUT2D eigenvalue weighted by molar-refractivity contribution is 0.347. The van der Waals surface area contributed by atoms with Crippen molar-refractivity contribution < 1.29 is 17.9 Å². The summed E-state index contributed by atoms with van der Waals surface area (Å²) >= 11 is 0. The molecule has 0 saturated heterocycles. The van der Waals surface area contributed by atoms with Crippen molar-refractivity contribution >= 4 is 21.1 Å². The fourth-order valence-corrected chi connectivity index (χ4v) is 3.93. The van der Waals surface area contributed by atoms with Crippen LogP contribution >= 0.6 is 0 Å². The predicted molar refractivity (Wildman–Crippen MR) is 97.1 cm³/mol. The van der Waals surface area contributed by atoms with Crippen molar-refractivity contribution in [3.63, 3.8) is 0 Å². The fourth-order valence-electron chi connectivity index (χ4n) is 2.76. The maximum Gasteiger partial charge on any atom is 0.323 e. The highest BCUT2D eigenvalue weighted by molar-refractivity contribution is 7.89. The Balaban J connectivity index is 1.95. The van der Waals surface area contributed by atoms with Crippen LogP contribution in [0.1, 0.15) is 5.56 Å². The quantitative estimate of drug-likeness (QED) is 0.680. The molecule has 0 amide bonds. The van der Waals surface area contributed by atoms with Crippen LogP contribution in [-0.2, 0) is 16.6 Å². The van der Waals surface area contributed by atoms with Gasteiger partial charge in [-0.2, -0.15) is 4.31 Å². The topological polar surface area (TPSA) is 104 Å². The van der Waals surface area contributed by atoms with E-state index in [1.807, 2.05) is 0 Å². The van der Waals surface area contributed by atoms with Crippen LogP contribution in [0.3, 0.4) is 0 Å². The molecule has 0 fully saturated rings. The van der Waals surface area contributed by atoms with E-state index in [-0.39, 0.29) is 17.1 Å². The summed E-state index contributed by atoms with van der Waals surface area (Å²) in [5.74, 6) is 1.02. The highest BCUT2D eigenvalue weighted by Crippen LogP contribution is 2.32. The predicted octanol–water partition coefficient (Wildman–Crippen LogP) is 1.69. The smallest absolute Gasteiger partial charge is 0.323 e. The van der Waals surface area contributed by atoms with Crippen molar-refractivity contribution in [3.05, 3.63) is 52.4 Å². The summed E-state index contributed by atoms with van der Waals surface area (Å²) in [6.07, 6.45) is 0. The minimum atomic E-state index is -3.76. The number of fused-ring (bicyclic) bond motifs is 1. The van der Waals surface area contributed by atoms with Gasteiger partial charge in [0.1, 0.15) is 0 Å². The second kappa shape index (κ2) is 6.85. The zero-order valence-corrected chi connectivity index (χ0v) is 15.4. The maximum atomic E-state index is 12.9. The average Bonchev–Trinajstić information content (AvgIpc) is 3.00. The number of benzene rings is 2. The van der Waals surface area contributed by atoms with Crippen molar-refractivity contribution in [2.75, 3.05) is 21.3 Å². The average molecular weight is 377 g/mol. The van der Waals surface area contributed by atoms with Crippen LogP contribution < -0.4 is 15.2 Å². The molecule has 26 heavy (non-hydrogen) atoms. The standard InChI is InChI=1S/C17H19N3O5S/c1-20(10-11-5-4-6-15(24-2)16(11)25-3)26(22,23)12-7-8-13-14(9-12)19-17(21)18-13/h4-9H,10H2,1-3H3,(H2,18,19,21). The Morgan fingerprint density at radius 3 is 2.46 bits per heavy atom. The molecule has 0 atom stereocenters. The molecule has 0 saturated carbocycles. The third-order valence-electron chi connectivity index (χ3n) is 4.07. The van der Waals surface area contributed by atoms with Gasteiger partial charge in [-0.05, 0) is 24.3 Å². The van der Waals surface area contributed by atoms with E-state index in [1.165, 1.54) is 37.7 Å². The van der Waals surface area contributed by atoms with E-state index in [4.69, 9.17) is 9.47 Å². The summed E-state index contributed by atoms with van der Waals surface area (Å²) in [5.41, 5.74) is 1.27. The van der Waals surface area contributed by atoms with Crippen molar-refractivity contribution in [1.29, 1.82) is 0 Å². The Bertz CT molecular complexity index is 1100. The van der Waals surface area contributed by atoms with Gasteiger partial charge in [-0.25, -0.2) is 13.2 Å². The number of aromatic nitrogens is 2. The molecular formula is C17H19N3O5S. The molecule has 3 rings (SSSR count). The Hall–Kier alpha value is -2.78. The van der Waals surface area contributed by atoms with E-state index < -0.39 is 10.0 Å². The first-order valence-corrected chi connectivity index (χ1v) is 9.19. The molecule has 3 aromatic rings. The SMILES string of the molecule is COc1cccc(CN(C)S(=O)(=O)c2ccc3[nH]c(=O)[nH]c3c2)c1OC. The number of hydrogen-bond donors (Lipinski definition) is 2. The second-order valence-corrected chi connectivity index (χ2v) is 7.75. The van der Waals surface area contributed by atoms with Gasteiger partial charge in [-0.3, -0.25) is 0 Å². The van der Waals surface area contributed by atoms with Crippen LogP contribution in [0.2, 0.25) is 0 Å². The highest BCUT2D eigenvalue weighted by atomic mass is 32.2. The molecular weight excluding hydrogens is 358 g/mol. The summed E-state index contributed by atoms with van der Waals surface area (Å²) in [4.78, 5) is 16.6. The van der Waals surface area contributed by atoms with E-state index >= 15 is 0 Å². The third kappa shape index (κ3) is 3.18. The second-order valence-electron chi connectivity index (χ2n) is 5.70. The first-order valence-electron chi connectivity index (χ1n) is 7.75. The highest BCUT2D eigenvalue weighted by Gasteiger charge is 2.23. The molecule has 2 aromatic carbocycles. The summed E-state index contributed by atoms with van der Waals surface area (Å²) in [6.45, 7) is 0.102. The lowest BCUT2D eigenvalue weighted by atomic mass is 10.2. The van der Waals surface area contributed by atoms with Gasteiger partial charge < -0.3 is 19.4 Å². The fraction of sp³-hybridized carbons (Fsp3) is 0.235. The number of imidazole rings is 1. The number of para-hydroxylation sites is 1. The molecule has 9 heteroatoms. The van der Waals surface area contributed by atoms with Gasteiger partial charge in [0, 0.05) is 19.2 Å². The summed E-state index contributed by atoms with van der Waals surface area (Å²) in [6, 6.07) is 9.74. The van der Waals surface area contributed by atoms with Crippen LogP contribution in [-0.4, -0.2) is 44.0 Å². The van der Waals surface area contributed by atoms with Gasteiger partial charge in [-0.15, -0.1) is 0 Å². The molecule has 0 spiro atoms. The number of methoxy groups -OCH3 is 2. The van der Waals surface area contributed by atoms with Gasteiger partial charge in [0.2, 0.25) is 10.0 Å². The third-order valence-corrected chi connectivity index (χ3v) is 5.87. The Morgan fingerprint density at radius 1 is 1.04 bits per heavy atom. The molecule has 1 aromatic heterocycles. The number of hydrogen-bond acceptors (Lipinski definition) is 5. The molecule has 0 aliphatic heterocycles. The lowest BCUT2D eigenvalue weighted by Gasteiger charge is -2.19. The normalized spacial score (nSPS) is 11.8. The van der Waals surface area contributed by atoms with Crippen molar-refractivity contribution in [3.8, 4) is 11.5 Å². The number of H-pyrrole nitrogens is 2. The lowest BCUT2D eigenvalue weighted by Crippen LogP contribution is -2.26. The van der Waals surface area contributed by atoms with Crippen molar-refractivity contribution in [1.82, 2.24) is 14.3 Å². The molecule has 0 aliphatic rings. The molecule has 138 valence electrons. The summed E-state index contributed by atoms with van der Waals surface area (Å²) in [7, 11) is 0.750. The van der Waals surface area contributed by atoms with E-state index in [0.717, 1.165) is 0 Å². The zero-order chi connectivity index (χ0) is 18.9.